The third kappa shape index (κ3) is 6.16. The van der Waals surface area contributed by atoms with E-state index in [1.165, 1.54) is 11.8 Å². The maximum absolute atomic E-state index is 13.5. The van der Waals surface area contributed by atoms with Gasteiger partial charge in [-0.25, -0.2) is 4.68 Å². The number of hydrogen-bond donors (Lipinski definition) is 0. The Labute approximate surface area is 249 Å². The van der Waals surface area contributed by atoms with Gasteiger partial charge in [0.15, 0.2) is 11.5 Å². The highest BCUT2D eigenvalue weighted by Crippen LogP contribution is 2.36. The molecule has 0 atom stereocenters. The number of rotatable bonds is 10. The summed E-state index contributed by atoms with van der Waals surface area (Å²) in [5, 5.41) is 4.94. The van der Waals surface area contributed by atoms with Crippen LogP contribution in [0.25, 0.3) is 23.0 Å². The SMILES string of the molecule is CCOc1ccc(-c2nn(-c3ccccc3)cc2/C=C2\SC(=S)N(CCc3ccc(OC)c(OC)c3)C2=O)c(C)c1. The fourth-order valence-electron chi connectivity index (χ4n) is 4.68. The molecule has 9 heteroatoms. The van der Waals surface area contributed by atoms with Crippen molar-refractivity contribution in [2.75, 3.05) is 27.4 Å². The maximum Gasteiger partial charge on any atom is 0.266 e. The molecule has 0 spiro atoms. The third-order valence-corrected chi connectivity index (χ3v) is 8.14. The summed E-state index contributed by atoms with van der Waals surface area (Å²) in [6, 6.07) is 21.7. The van der Waals surface area contributed by atoms with E-state index in [4.69, 9.17) is 31.5 Å². The quantitative estimate of drug-likeness (QED) is 0.151. The molecule has 0 saturated carbocycles. The number of carbonyl (C=O) groups excluding carboxylic acids is 1. The van der Waals surface area contributed by atoms with Crippen molar-refractivity contribution >= 4 is 40.3 Å². The summed E-state index contributed by atoms with van der Waals surface area (Å²) in [6.45, 7) is 5.07. The molecule has 5 rings (SSSR count). The number of nitrogens with zero attached hydrogens (tertiary/aromatic N) is 3. The average Bonchev–Trinajstić information content (AvgIpc) is 3.52. The lowest BCUT2D eigenvalue weighted by molar-refractivity contribution is -0.122. The van der Waals surface area contributed by atoms with E-state index in [2.05, 4.69) is 0 Å². The number of aryl methyl sites for hydroxylation is 1. The molecule has 0 bridgehead atoms. The summed E-state index contributed by atoms with van der Waals surface area (Å²) in [7, 11) is 3.22. The van der Waals surface area contributed by atoms with Crippen molar-refractivity contribution in [1.82, 2.24) is 14.7 Å². The molecule has 1 saturated heterocycles. The molecule has 0 aliphatic carbocycles. The molecular formula is C32H31N3O4S2. The van der Waals surface area contributed by atoms with Crippen LogP contribution >= 0.6 is 24.0 Å². The first-order valence-corrected chi connectivity index (χ1v) is 14.5. The molecule has 210 valence electrons. The van der Waals surface area contributed by atoms with E-state index in [1.807, 2.05) is 97.5 Å². The predicted octanol–water partition coefficient (Wildman–Crippen LogP) is 6.71. The fraction of sp³-hybridized carbons (Fsp3) is 0.219. The molecule has 1 aliphatic heterocycles. The standard InChI is InChI=1S/C32H31N3O4S2/c1-5-39-25-12-13-26(21(2)17-25)30-23(20-35(33-30)24-9-7-6-8-10-24)19-29-31(36)34(32(40)41-29)16-15-22-11-14-27(37-3)28(18-22)38-4/h6-14,17-20H,5,15-16H2,1-4H3/b29-19-. The first-order valence-electron chi connectivity index (χ1n) is 13.3. The Bertz CT molecular complexity index is 1610. The number of thioether (sulfide) groups is 1. The van der Waals surface area contributed by atoms with E-state index in [1.54, 1.807) is 19.1 Å². The molecule has 1 fully saturated rings. The van der Waals surface area contributed by atoms with Gasteiger partial charge in [0, 0.05) is 23.9 Å². The molecule has 2 heterocycles. The van der Waals surface area contributed by atoms with Crippen molar-refractivity contribution in [3.8, 4) is 34.2 Å². The van der Waals surface area contributed by atoms with Crippen LogP contribution in [0, 0.1) is 6.92 Å². The molecule has 1 amide bonds. The van der Waals surface area contributed by atoms with E-state index in [9.17, 15) is 4.79 Å². The van der Waals surface area contributed by atoms with Gasteiger partial charge >= 0.3 is 0 Å². The van der Waals surface area contributed by atoms with Crippen molar-refractivity contribution in [3.05, 3.63) is 94.5 Å². The van der Waals surface area contributed by atoms with Crippen molar-refractivity contribution in [1.29, 1.82) is 0 Å². The molecule has 1 aromatic heterocycles. The van der Waals surface area contributed by atoms with Gasteiger partial charge in [0.05, 0.1) is 31.4 Å². The molecule has 1 aliphatic rings. The second-order valence-corrected chi connectivity index (χ2v) is 11.1. The minimum atomic E-state index is -0.109. The Kier molecular flexibility index (Phi) is 8.75. The molecule has 0 radical (unpaired) electrons. The van der Waals surface area contributed by atoms with Gasteiger partial charge < -0.3 is 14.2 Å². The van der Waals surface area contributed by atoms with Crippen molar-refractivity contribution < 1.29 is 19.0 Å². The lowest BCUT2D eigenvalue weighted by atomic mass is 10.0. The summed E-state index contributed by atoms with van der Waals surface area (Å²) in [5.41, 5.74) is 5.58. The van der Waals surface area contributed by atoms with E-state index in [0.717, 1.165) is 39.4 Å². The van der Waals surface area contributed by atoms with Crippen LogP contribution < -0.4 is 14.2 Å². The summed E-state index contributed by atoms with van der Waals surface area (Å²) in [6.07, 6.45) is 4.48. The van der Waals surface area contributed by atoms with Crippen LogP contribution in [0.5, 0.6) is 17.2 Å². The van der Waals surface area contributed by atoms with Crippen molar-refractivity contribution in [2.45, 2.75) is 20.3 Å². The predicted molar refractivity (Wildman–Crippen MR) is 168 cm³/mol. The number of thiocarbonyl (C=S) groups is 1. The third-order valence-electron chi connectivity index (χ3n) is 6.76. The Hall–Kier alpha value is -4.08. The van der Waals surface area contributed by atoms with Crippen LogP contribution in [0.4, 0.5) is 0 Å². The zero-order valence-electron chi connectivity index (χ0n) is 23.4. The molecule has 0 unspecified atom stereocenters. The number of hydrogen-bond acceptors (Lipinski definition) is 7. The van der Waals surface area contributed by atoms with Crippen molar-refractivity contribution in [3.63, 3.8) is 0 Å². The number of ether oxygens (including phenoxy) is 3. The molecular weight excluding hydrogens is 555 g/mol. The van der Waals surface area contributed by atoms with Crippen LogP contribution in [0.2, 0.25) is 0 Å². The minimum Gasteiger partial charge on any atom is -0.494 e. The minimum absolute atomic E-state index is 0.109. The summed E-state index contributed by atoms with van der Waals surface area (Å²) in [5.74, 6) is 2.03. The second kappa shape index (κ2) is 12.6. The van der Waals surface area contributed by atoms with Gasteiger partial charge in [0.2, 0.25) is 0 Å². The number of aromatic nitrogens is 2. The van der Waals surface area contributed by atoms with Gasteiger partial charge in [-0.3, -0.25) is 9.69 Å². The molecule has 7 nitrogen and oxygen atoms in total. The van der Waals surface area contributed by atoms with Gasteiger partial charge in [-0.1, -0.05) is 48.2 Å². The van der Waals surface area contributed by atoms with Crippen LogP contribution in [0.3, 0.4) is 0 Å². The maximum atomic E-state index is 13.5. The van der Waals surface area contributed by atoms with Crippen LogP contribution in [0.1, 0.15) is 23.6 Å². The first kappa shape index (κ1) is 28.4. The van der Waals surface area contributed by atoms with Gasteiger partial charge in [-0.05, 0) is 79.9 Å². The van der Waals surface area contributed by atoms with E-state index in [-0.39, 0.29) is 5.91 Å². The topological polar surface area (TPSA) is 65.8 Å². The Morgan fingerprint density at radius 2 is 1.78 bits per heavy atom. The van der Waals surface area contributed by atoms with Crippen molar-refractivity contribution in [2.24, 2.45) is 0 Å². The molecule has 41 heavy (non-hydrogen) atoms. The number of carbonyl (C=O) groups is 1. The highest BCUT2D eigenvalue weighted by Gasteiger charge is 2.32. The number of amides is 1. The average molecular weight is 586 g/mol. The fourth-order valence-corrected chi connectivity index (χ4v) is 5.98. The monoisotopic (exact) mass is 585 g/mol. The van der Waals surface area contributed by atoms with Gasteiger partial charge in [0.25, 0.3) is 5.91 Å². The number of methoxy groups -OCH3 is 2. The molecule has 0 N–H and O–H groups in total. The van der Waals surface area contributed by atoms with Crippen LogP contribution in [-0.2, 0) is 11.2 Å². The van der Waals surface area contributed by atoms with Gasteiger partial charge in [-0.15, -0.1) is 0 Å². The van der Waals surface area contributed by atoms with Crippen LogP contribution in [0.15, 0.2) is 77.8 Å². The van der Waals surface area contributed by atoms with Gasteiger partial charge in [0.1, 0.15) is 15.8 Å². The van der Waals surface area contributed by atoms with E-state index in [0.29, 0.717) is 40.3 Å². The second-order valence-electron chi connectivity index (χ2n) is 9.40. The van der Waals surface area contributed by atoms with Crippen LogP contribution in [-0.4, -0.2) is 52.3 Å². The van der Waals surface area contributed by atoms with Gasteiger partial charge in [-0.2, -0.15) is 5.10 Å². The highest BCUT2D eigenvalue weighted by atomic mass is 32.2. The zero-order chi connectivity index (χ0) is 28.9. The Morgan fingerprint density at radius 1 is 1.00 bits per heavy atom. The zero-order valence-corrected chi connectivity index (χ0v) is 25.1. The molecule has 3 aromatic carbocycles. The lowest BCUT2D eigenvalue weighted by Crippen LogP contribution is -2.30. The summed E-state index contributed by atoms with van der Waals surface area (Å²) < 4.78 is 18.8. The largest absolute Gasteiger partial charge is 0.494 e. The summed E-state index contributed by atoms with van der Waals surface area (Å²) in [4.78, 5) is 15.8. The lowest BCUT2D eigenvalue weighted by Gasteiger charge is -2.15. The highest BCUT2D eigenvalue weighted by molar-refractivity contribution is 8.26. The number of para-hydroxylation sites is 1. The summed E-state index contributed by atoms with van der Waals surface area (Å²) >= 11 is 6.95. The first-order chi connectivity index (χ1) is 19.9. The van der Waals surface area contributed by atoms with E-state index >= 15 is 0 Å². The normalized spacial score (nSPS) is 14.1. The van der Waals surface area contributed by atoms with E-state index < -0.39 is 0 Å². The molecule has 4 aromatic rings. The number of benzene rings is 3. The smallest absolute Gasteiger partial charge is 0.266 e. The Morgan fingerprint density at radius 3 is 2.49 bits per heavy atom. The Balaban J connectivity index is 1.44.